The van der Waals surface area contributed by atoms with Crippen LogP contribution in [0.15, 0.2) is 34.9 Å². The minimum atomic E-state index is -3.07. The summed E-state index contributed by atoms with van der Waals surface area (Å²) >= 11 is 0. The van der Waals surface area contributed by atoms with Crippen LogP contribution in [0.3, 0.4) is 0 Å². The molecule has 0 aliphatic carbocycles. The Bertz CT molecular complexity index is 700. The number of rotatable bonds is 4. The number of hydrogen-bond acceptors (Lipinski definition) is 5. The fourth-order valence-electron chi connectivity index (χ4n) is 1.59. The van der Waals surface area contributed by atoms with E-state index >= 15 is 0 Å². The third-order valence-electron chi connectivity index (χ3n) is 2.40. The quantitative estimate of drug-likeness (QED) is 0.913. The molecule has 0 fully saturated rings. The minimum absolute atomic E-state index is 0.0352. The molecule has 0 spiro atoms. The first kappa shape index (κ1) is 13.3. The molecule has 0 unspecified atom stereocenters. The Morgan fingerprint density at radius 3 is 2.42 bits per heavy atom. The van der Waals surface area contributed by atoms with E-state index in [1.54, 1.807) is 24.3 Å². The van der Waals surface area contributed by atoms with E-state index in [0.29, 0.717) is 16.8 Å². The molecule has 100 valence electrons. The molecule has 6 nitrogen and oxygen atoms in total. The van der Waals surface area contributed by atoms with Crippen molar-refractivity contribution in [2.75, 3.05) is 6.26 Å². The van der Waals surface area contributed by atoms with Crippen LogP contribution in [0.25, 0.3) is 11.3 Å². The van der Waals surface area contributed by atoms with Crippen molar-refractivity contribution in [3.05, 3.63) is 41.7 Å². The first-order valence-electron chi connectivity index (χ1n) is 5.32. The summed E-state index contributed by atoms with van der Waals surface area (Å²) in [7, 11) is -3.07. The number of sulfone groups is 1. The van der Waals surface area contributed by atoms with Crippen LogP contribution in [-0.4, -0.2) is 30.9 Å². The molecule has 0 saturated heterocycles. The molecule has 0 aliphatic rings. The van der Waals surface area contributed by atoms with Crippen LogP contribution in [0, 0.1) is 0 Å². The molecule has 1 aromatic heterocycles. The highest BCUT2D eigenvalue weighted by Gasteiger charge is 2.12. The molecule has 1 aromatic carbocycles. The highest BCUT2D eigenvalue weighted by atomic mass is 32.2. The van der Waals surface area contributed by atoms with Gasteiger partial charge in [-0.15, -0.1) is 0 Å². The number of hydrogen-bond donors (Lipinski definition) is 1. The van der Waals surface area contributed by atoms with Crippen LogP contribution < -0.4 is 0 Å². The molecule has 1 N–H and O–H groups in total. The molecule has 19 heavy (non-hydrogen) atoms. The number of carboxylic acids is 1. The average Bonchev–Trinajstić information content (AvgIpc) is 2.77. The SMILES string of the molecule is CS(=O)(=O)Cc1ccc(-c2cc(C(=O)O)on2)cc1. The summed E-state index contributed by atoms with van der Waals surface area (Å²) in [6, 6.07) is 7.97. The third-order valence-corrected chi connectivity index (χ3v) is 3.26. The summed E-state index contributed by atoms with van der Waals surface area (Å²) in [6.45, 7) is 0. The van der Waals surface area contributed by atoms with Crippen molar-refractivity contribution < 1.29 is 22.8 Å². The van der Waals surface area contributed by atoms with E-state index in [-0.39, 0.29) is 11.5 Å². The Morgan fingerprint density at radius 2 is 1.95 bits per heavy atom. The second-order valence-corrected chi connectivity index (χ2v) is 6.29. The monoisotopic (exact) mass is 281 g/mol. The molecule has 0 radical (unpaired) electrons. The van der Waals surface area contributed by atoms with E-state index in [1.165, 1.54) is 6.07 Å². The fraction of sp³-hybridized carbons (Fsp3) is 0.167. The van der Waals surface area contributed by atoms with E-state index in [2.05, 4.69) is 9.68 Å². The van der Waals surface area contributed by atoms with Gasteiger partial charge in [-0.1, -0.05) is 29.4 Å². The van der Waals surface area contributed by atoms with E-state index < -0.39 is 15.8 Å². The van der Waals surface area contributed by atoms with Gasteiger partial charge in [0.25, 0.3) is 0 Å². The molecule has 0 atom stereocenters. The van der Waals surface area contributed by atoms with E-state index in [4.69, 9.17) is 5.11 Å². The van der Waals surface area contributed by atoms with Crippen molar-refractivity contribution in [2.45, 2.75) is 5.75 Å². The van der Waals surface area contributed by atoms with Crippen LogP contribution >= 0.6 is 0 Å². The number of aromatic nitrogens is 1. The van der Waals surface area contributed by atoms with Gasteiger partial charge in [0, 0.05) is 17.9 Å². The van der Waals surface area contributed by atoms with E-state index in [0.717, 1.165) is 6.26 Å². The summed E-state index contributed by atoms with van der Waals surface area (Å²) in [5, 5.41) is 12.4. The number of aromatic carboxylic acids is 1. The standard InChI is InChI=1S/C12H11NO5S/c1-19(16,17)7-8-2-4-9(5-3-8)10-6-11(12(14)15)18-13-10/h2-6H,7H2,1H3,(H,14,15). The highest BCUT2D eigenvalue weighted by molar-refractivity contribution is 7.89. The van der Waals surface area contributed by atoms with Gasteiger partial charge in [-0.05, 0) is 5.56 Å². The van der Waals surface area contributed by atoms with Gasteiger partial charge in [0.2, 0.25) is 5.76 Å². The van der Waals surface area contributed by atoms with Gasteiger partial charge in [-0.3, -0.25) is 0 Å². The Hall–Kier alpha value is -2.15. The van der Waals surface area contributed by atoms with Crippen LogP contribution in [0.2, 0.25) is 0 Å². The Kier molecular flexibility index (Phi) is 3.39. The van der Waals surface area contributed by atoms with Crippen LogP contribution in [-0.2, 0) is 15.6 Å². The molecule has 2 aromatic rings. The van der Waals surface area contributed by atoms with Gasteiger partial charge in [-0.2, -0.15) is 0 Å². The Morgan fingerprint density at radius 1 is 1.32 bits per heavy atom. The largest absolute Gasteiger partial charge is 0.475 e. The first-order chi connectivity index (χ1) is 8.85. The summed E-state index contributed by atoms with van der Waals surface area (Å²) in [5.41, 5.74) is 1.71. The second kappa shape index (κ2) is 4.85. The van der Waals surface area contributed by atoms with Gasteiger partial charge in [0.15, 0.2) is 9.84 Å². The summed E-state index contributed by atoms with van der Waals surface area (Å²) in [6.07, 6.45) is 1.16. The number of carbonyl (C=O) groups is 1. The summed E-state index contributed by atoms with van der Waals surface area (Å²) in [5.74, 6) is -1.46. The normalized spacial score (nSPS) is 11.4. The molecule has 7 heteroatoms. The second-order valence-electron chi connectivity index (χ2n) is 4.15. The number of nitrogens with zero attached hydrogens (tertiary/aromatic N) is 1. The minimum Gasteiger partial charge on any atom is -0.475 e. The van der Waals surface area contributed by atoms with Gasteiger partial charge in [-0.25, -0.2) is 13.2 Å². The van der Waals surface area contributed by atoms with Crippen molar-refractivity contribution in [1.29, 1.82) is 0 Å². The van der Waals surface area contributed by atoms with Crippen molar-refractivity contribution >= 4 is 15.8 Å². The zero-order chi connectivity index (χ0) is 14.0. The predicted molar refractivity (Wildman–Crippen MR) is 67.4 cm³/mol. The third kappa shape index (κ3) is 3.41. The average molecular weight is 281 g/mol. The fourth-order valence-corrected chi connectivity index (χ4v) is 2.38. The number of benzene rings is 1. The van der Waals surface area contributed by atoms with Gasteiger partial charge in [0.1, 0.15) is 5.69 Å². The molecule has 2 rings (SSSR count). The first-order valence-corrected chi connectivity index (χ1v) is 7.38. The molecular formula is C12H11NO5S. The van der Waals surface area contributed by atoms with Crippen molar-refractivity contribution in [1.82, 2.24) is 5.16 Å². The maximum Gasteiger partial charge on any atom is 0.374 e. The van der Waals surface area contributed by atoms with Crippen LogP contribution in [0.1, 0.15) is 16.1 Å². The number of carboxylic acid groups (broad SMARTS) is 1. The lowest BCUT2D eigenvalue weighted by atomic mass is 10.1. The lowest BCUT2D eigenvalue weighted by molar-refractivity contribution is 0.0652. The molecular weight excluding hydrogens is 270 g/mol. The van der Waals surface area contributed by atoms with Gasteiger partial charge in [0.05, 0.1) is 5.75 Å². The highest BCUT2D eigenvalue weighted by Crippen LogP contribution is 2.20. The van der Waals surface area contributed by atoms with Gasteiger partial charge < -0.3 is 9.63 Å². The maximum atomic E-state index is 11.1. The maximum absolute atomic E-state index is 11.1. The van der Waals surface area contributed by atoms with Crippen molar-refractivity contribution in [2.24, 2.45) is 0 Å². The molecule has 0 bridgehead atoms. The predicted octanol–water partition coefficient (Wildman–Crippen LogP) is 1.58. The lowest BCUT2D eigenvalue weighted by Crippen LogP contribution is -2.00. The molecule has 0 amide bonds. The van der Waals surface area contributed by atoms with Crippen molar-refractivity contribution in [3.8, 4) is 11.3 Å². The summed E-state index contributed by atoms with van der Waals surface area (Å²) in [4.78, 5) is 10.7. The lowest BCUT2D eigenvalue weighted by Gasteiger charge is -2.00. The summed E-state index contributed by atoms with van der Waals surface area (Å²) < 4.78 is 26.9. The molecule has 1 heterocycles. The van der Waals surface area contributed by atoms with E-state index in [9.17, 15) is 13.2 Å². The topological polar surface area (TPSA) is 97.5 Å². The smallest absolute Gasteiger partial charge is 0.374 e. The zero-order valence-electron chi connectivity index (χ0n) is 10.0. The Balaban J connectivity index is 2.24. The van der Waals surface area contributed by atoms with E-state index in [1.807, 2.05) is 0 Å². The van der Waals surface area contributed by atoms with Gasteiger partial charge >= 0.3 is 5.97 Å². The van der Waals surface area contributed by atoms with Crippen LogP contribution in [0.5, 0.6) is 0 Å². The molecule has 0 aliphatic heterocycles. The zero-order valence-corrected chi connectivity index (χ0v) is 10.8. The molecule has 0 saturated carbocycles. The van der Waals surface area contributed by atoms with Crippen LogP contribution in [0.4, 0.5) is 0 Å². The Labute approximate surface area is 109 Å². The van der Waals surface area contributed by atoms with Crippen molar-refractivity contribution in [3.63, 3.8) is 0 Å².